The summed E-state index contributed by atoms with van der Waals surface area (Å²) in [6.07, 6.45) is 6.94. The molecule has 22 heavy (non-hydrogen) atoms. The highest BCUT2D eigenvalue weighted by atomic mass is 16.5. The van der Waals surface area contributed by atoms with Crippen LogP contribution in [0.25, 0.3) is 0 Å². The van der Waals surface area contributed by atoms with Gasteiger partial charge in [-0.3, -0.25) is 4.79 Å². The molecule has 0 saturated heterocycles. The fourth-order valence-electron chi connectivity index (χ4n) is 3.03. The molecular formula is C17H25NO4. The van der Waals surface area contributed by atoms with Crippen LogP contribution in [0.5, 0.6) is 17.2 Å². The van der Waals surface area contributed by atoms with Crippen LogP contribution in [-0.4, -0.2) is 43.2 Å². The SMILES string of the molecule is COc1cc(C(=O)N(C)C2CCCCCC2)cc(OC)c1O. The predicted octanol–water partition coefficient (Wildman–Crippen LogP) is 3.20. The van der Waals surface area contributed by atoms with E-state index in [0.717, 1.165) is 12.8 Å². The number of carbonyl (C=O) groups excluding carboxylic acids is 1. The fraction of sp³-hybridized carbons (Fsp3) is 0.588. The van der Waals surface area contributed by atoms with Crippen molar-refractivity contribution in [2.24, 2.45) is 0 Å². The van der Waals surface area contributed by atoms with Gasteiger partial charge < -0.3 is 19.5 Å². The molecule has 5 heteroatoms. The maximum Gasteiger partial charge on any atom is 0.254 e. The van der Waals surface area contributed by atoms with Crippen LogP contribution in [-0.2, 0) is 0 Å². The average molecular weight is 307 g/mol. The van der Waals surface area contributed by atoms with Crippen LogP contribution >= 0.6 is 0 Å². The third kappa shape index (κ3) is 3.46. The van der Waals surface area contributed by atoms with Crippen LogP contribution < -0.4 is 9.47 Å². The summed E-state index contributed by atoms with van der Waals surface area (Å²) in [6, 6.07) is 3.40. The number of nitrogens with zero attached hydrogens (tertiary/aromatic N) is 1. The highest BCUT2D eigenvalue weighted by Gasteiger charge is 2.24. The number of aromatic hydroxyl groups is 1. The van der Waals surface area contributed by atoms with Crippen LogP contribution in [0.15, 0.2) is 12.1 Å². The molecule has 1 N–H and O–H groups in total. The van der Waals surface area contributed by atoms with Crippen molar-refractivity contribution in [3.8, 4) is 17.2 Å². The van der Waals surface area contributed by atoms with Gasteiger partial charge in [0.2, 0.25) is 5.75 Å². The zero-order valence-electron chi connectivity index (χ0n) is 13.6. The Morgan fingerprint density at radius 2 is 1.59 bits per heavy atom. The lowest BCUT2D eigenvalue weighted by atomic mass is 10.1. The van der Waals surface area contributed by atoms with Crippen molar-refractivity contribution in [1.82, 2.24) is 4.90 Å². The molecule has 1 fully saturated rings. The Hall–Kier alpha value is -1.91. The molecule has 5 nitrogen and oxygen atoms in total. The maximum absolute atomic E-state index is 12.7. The van der Waals surface area contributed by atoms with E-state index < -0.39 is 0 Å². The van der Waals surface area contributed by atoms with E-state index in [2.05, 4.69) is 0 Å². The molecule has 0 atom stereocenters. The highest BCUT2D eigenvalue weighted by molar-refractivity contribution is 5.95. The number of ether oxygens (including phenoxy) is 2. The number of hydrogen-bond donors (Lipinski definition) is 1. The second-order valence-electron chi connectivity index (χ2n) is 5.79. The molecule has 0 unspecified atom stereocenters. The number of phenols is 1. The number of rotatable bonds is 4. The minimum Gasteiger partial charge on any atom is -0.502 e. The lowest BCUT2D eigenvalue weighted by molar-refractivity contribution is 0.0717. The van der Waals surface area contributed by atoms with Crippen LogP contribution in [0.4, 0.5) is 0 Å². The molecule has 1 aliphatic rings. The largest absolute Gasteiger partial charge is 0.502 e. The monoisotopic (exact) mass is 307 g/mol. The van der Waals surface area contributed by atoms with Gasteiger partial charge in [-0.1, -0.05) is 25.7 Å². The quantitative estimate of drug-likeness (QED) is 0.868. The summed E-state index contributed by atoms with van der Waals surface area (Å²) < 4.78 is 10.2. The lowest BCUT2D eigenvalue weighted by Gasteiger charge is -2.27. The van der Waals surface area contributed by atoms with E-state index in [1.807, 2.05) is 11.9 Å². The van der Waals surface area contributed by atoms with Crippen molar-refractivity contribution in [3.05, 3.63) is 17.7 Å². The first-order chi connectivity index (χ1) is 10.6. The Morgan fingerprint density at radius 3 is 2.05 bits per heavy atom. The summed E-state index contributed by atoms with van der Waals surface area (Å²) in [5.74, 6) is 0.344. The molecule has 0 heterocycles. The van der Waals surface area contributed by atoms with Gasteiger partial charge in [0, 0.05) is 18.7 Å². The van der Waals surface area contributed by atoms with E-state index in [4.69, 9.17) is 9.47 Å². The topological polar surface area (TPSA) is 59.0 Å². The molecule has 1 aliphatic carbocycles. The first-order valence-corrected chi connectivity index (χ1v) is 7.80. The van der Waals surface area contributed by atoms with Crippen molar-refractivity contribution >= 4 is 5.91 Å². The van der Waals surface area contributed by atoms with Gasteiger partial charge in [-0.15, -0.1) is 0 Å². The molecule has 0 spiro atoms. The first-order valence-electron chi connectivity index (χ1n) is 7.80. The standard InChI is InChI=1S/C17H25NO4/c1-18(13-8-6-4-5-7-9-13)17(20)12-10-14(21-2)16(19)15(11-12)22-3/h10-11,13,19H,4-9H2,1-3H3. The fourth-order valence-corrected chi connectivity index (χ4v) is 3.03. The van der Waals surface area contributed by atoms with E-state index in [-0.39, 0.29) is 29.2 Å². The summed E-state index contributed by atoms with van der Waals surface area (Å²) in [5.41, 5.74) is 0.471. The molecule has 1 aromatic carbocycles. The van der Waals surface area contributed by atoms with Gasteiger partial charge in [0.05, 0.1) is 14.2 Å². The van der Waals surface area contributed by atoms with Gasteiger partial charge in [0.25, 0.3) is 5.91 Å². The highest BCUT2D eigenvalue weighted by Crippen LogP contribution is 2.37. The van der Waals surface area contributed by atoms with Crippen LogP contribution in [0.3, 0.4) is 0 Å². The van der Waals surface area contributed by atoms with Crippen LogP contribution in [0.1, 0.15) is 48.9 Å². The molecule has 0 radical (unpaired) electrons. The van der Waals surface area contributed by atoms with Gasteiger partial charge in [0.1, 0.15) is 0 Å². The Kier molecular flexibility index (Phi) is 5.52. The molecule has 0 aliphatic heterocycles. The summed E-state index contributed by atoms with van der Waals surface area (Å²) >= 11 is 0. The molecular weight excluding hydrogens is 282 g/mol. The second kappa shape index (κ2) is 7.38. The van der Waals surface area contributed by atoms with Gasteiger partial charge in [-0.25, -0.2) is 0 Å². The van der Waals surface area contributed by atoms with E-state index in [1.54, 1.807) is 12.1 Å². The van der Waals surface area contributed by atoms with Gasteiger partial charge in [-0.2, -0.15) is 0 Å². The van der Waals surface area contributed by atoms with E-state index in [9.17, 15) is 9.90 Å². The minimum atomic E-state index is -0.0846. The zero-order chi connectivity index (χ0) is 16.1. The summed E-state index contributed by atoms with van der Waals surface area (Å²) in [5, 5.41) is 9.94. The van der Waals surface area contributed by atoms with Crippen molar-refractivity contribution in [3.63, 3.8) is 0 Å². The molecule has 1 saturated carbocycles. The van der Waals surface area contributed by atoms with Gasteiger partial charge in [-0.05, 0) is 25.0 Å². The minimum absolute atomic E-state index is 0.0662. The van der Waals surface area contributed by atoms with Crippen molar-refractivity contribution in [2.75, 3.05) is 21.3 Å². The molecule has 1 amide bonds. The summed E-state index contributed by atoms with van der Waals surface area (Å²) in [6.45, 7) is 0. The number of benzene rings is 1. The lowest BCUT2D eigenvalue weighted by Crippen LogP contribution is -2.36. The first kappa shape index (κ1) is 16.5. The smallest absolute Gasteiger partial charge is 0.254 e. The molecule has 122 valence electrons. The Balaban J connectivity index is 2.24. The van der Waals surface area contributed by atoms with Crippen LogP contribution in [0.2, 0.25) is 0 Å². The number of carbonyl (C=O) groups is 1. The number of hydrogen-bond acceptors (Lipinski definition) is 4. The van der Waals surface area contributed by atoms with E-state index in [1.165, 1.54) is 39.9 Å². The van der Waals surface area contributed by atoms with Crippen LogP contribution in [0, 0.1) is 0 Å². The second-order valence-corrected chi connectivity index (χ2v) is 5.79. The van der Waals surface area contributed by atoms with Gasteiger partial charge >= 0.3 is 0 Å². The van der Waals surface area contributed by atoms with Crippen molar-refractivity contribution in [2.45, 2.75) is 44.6 Å². The predicted molar refractivity (Wildman–Crippen MR) is 84.8 cm³/mol. The summed E-state index contributed by atoms with van der Waals surface area (Å²) in [7, 11) is 4.76. The number of amides is 1. The van der Waals surface area contributed by atoms with Crippen molar-refractivity contribution < 1.29 is 19.4 Å². The molecule has 1 aromatic rings. The molecule has 2 rings (SSSR count). The van der Waals surface area contributed by atoms with E-state index >= 15 is 0 Å². The Morgan fingerprint density at radius 1 is 1.09 bits per heavy atom. The third-order valence-electron chi connectivity index (χ3n) is 4.42. The van der Waals surface area contributed by atoms with E-state index in [0.29, 0.717) is 5.56 Å². The third-order valence-corrected chi connectivity index (χ3v) is 4.42. The number of methoxy groups -OCH3 is 2. The normalized spacial score (nSPS) is 16.0. The Bertz CT molecular complexity index is 496. The Labute approximate surface area is 131 Å². The average Bonchev–Trinajstić information content (AvgIpc) is 2.83. The summed E-state index contributed by atoms with van der Waals surface area (Å²) in [4.78, 5) is 14.6. The van der Waals surface area contributed by atoms with Gasteiger partial charge in [0.15, 0.2) is 11.5 Å². The van der Waals surface area contributed by atoms with Crippen molar-refractivity contribution in [1.29, 1.82) is 0 Å². The molecule has 0 aromatic heterocycles. The molecule has 0 bridgehead atoms. The maximum atomic E-state index is 12.7. The zero-order valence-corrected chi connectivity index (χ0v) is 13.6. The number of phenolic OH excluding ortho intramolecular Hbond substituents is 1.